The Morgan fingerprint density at radius 3 is 2.67 bits per heavy atom. The number of anilines is 5. The van der Waals surface area contributed by atoms with Crippen molar-refractivity contribution in [1.29, 1.82) is 0 Å². The Labute approximate surface area is 279 Å². The maximum atomic E-state index is 13.7. The third-order valence-corrected chi connectivity index (χ3v) is 8.62. The minimum atomic E-state index is -0.350. The lowest BCUT2D eigenvalue weighted by molar-refractivity contribution is -0.111. The zero-order valence-electron chi connectivity index (χ0n) is 27.4. The minimum Gasteiger partial charge on any atom is -0.494 e. The number of aromatic nitrogens is 2. The summed E-state index contributed by atoms with van der Waals surface area (Å²) in [5.74, 6) is 2.14. The second kappa shape index (κ2) is 14.7. The predicted octanol–water partition coefficient (Wildman–Crippen LogP) is 6.18. The van der Waals surface area contributed by atoms with Crippen LogP contribution in [0.25, 0.3) is 0 Å². The first-order valence-electron chi connectivity index (χ1n) is 15.9. The standard InChI is InChI=1S/C36H40FN7O4/c1-5-36(45)41-30-19-31(33(46-4)20-32(30)43-14-13-42(3)24(2)22-43)40-34-21-35(39-23-38-34)44-27(12-15-47-44)16-25-8-6-10-28(17-25)48-29-11-7-9-26(37)18-29/h5-11,17-21,23-24,27H,1,12-16,22H2,2-4H3,(H,41,45)(H,38,39,40)/t24-,27+/m0/s1. The Bertz CT molecular complexity index is 1770. The molecule has 4 aromatic rings. The molecular formula is C36H40FN7O4. The molecule has 2 atom stereocenters. The van der Waals surface area contributed by atoms with Crippen LogP contribution < -0.4 is 30.1 Å². The molecule has 3 aromatic carbocycles. The van der Waals surface area contributed by atoms with Gasteiger partial charge in [-0.25, -0.2) is 19.4 Å². The summed E-state index contributed by atoms with van der Waals surface area (Å²) in [6.07, 6.45) is 4.22. The van der Waals surface area contributed by atoms with E-state index < -0.39 is 0 Å². The summed E-state index contributed by atoms with van der Waals surface area (Å²) < 4.78 is 25.4. The van der Waals surface area contributed by atoms with Gasteiger partial charge in [0.2, 0.25) is 5.91 Å². The first kappa shape index (κ1) is 32.7. The van der Waals surface area contributed by atoms with Crippen molar-refractivity contribution in [3.05, 3.63) is 97.1 Å². The number of likely N-dealkylation sites (N-methyl/N-ethyl adjacent to an activating group) is 1. The number of carbonyl (C=O) groups excluding carboxylic acids is 1. The van der Waals surface area contributed by atoms with Crippen molar-refractivity contribution < 1.29 is 23.5 Å². The second-order valence-corrected chi connectivity index (χ2v) is 11.9. The third kappa shape index (κ3) is 7.67. The fraction of sp³-hybridized carbons (Fsp3) is 0.306. The number of halogens is 1. The van der Waals surface area contributed by atoms with Crippen molar-refractivity contribution in [3.8, 4) is 17.2 Å². The van der Waals surface area contributed by atoms with Crippen LogP contribution in [-0.4, -0.2) is 73.3 Å². The van der Waals surface area contributed by atoms with E-state index >= 15 is 0 Å². The van der Waals surface area contributed by atoms with Crippen molar-refractivity contribution in [3.63, 3.8) is 0 Å². The van der Waals surface area contributed by atoms with Crippen LogP contribution in [0.1, 0.15) is 18.9 Å². The highest BCUT2D eigenvalue weighted by atomic mass is 19.1. The van der Waals surface area contributed by atoms with Gasteiger partial charge in [-0.05, 0) is 68.8 Å². The molecule has 0 unspecified atom stereocenters. The molecule has 48 heavy (non-hydrogen) atoms. The highest BCUT2D eigenvalue weighted by molar-refractivity contribution is 6.02. The topological polar surface area (TPSA) is 104 Å². The molecule has 0 saturated carbocycles. The zero-order valence-corrected chi connectivity index (χ0v) is 27.4. The Hall–Kier alpha value is -5.20. The van der Waals surface area contributed by atoms with E-state index in [4.69, 9.17) is 14.3 Å². The van der Waals surface area contributed by atoms with Gasteiger partial charge in [0, 0.05) is 43.9 Å². The van der Waals surface area contributed by atoms with Gasteiger partial charge in [0.1, 0.15) is 35.2 Å². The number of amides is 1. The Kier molecular flexibility index (Phi) is 10.0. The molecule has 2 saturated heterocycles. The number of methoxy groups -OCH3 is 1. The molecule has 0 radical (unpaired) electrons. The molecule has 0 bridgehead atoms. The number of hydroxylamine groups is 1. The maximum Gasteiger partial charge on any atom is 0.247 e. The van der Waals surface area contributed by atoms with Crippen molar-refractivity contribution in [1.82, 2.24) is 14.9 Å². The number of rotatable bonds is 11. The summed E-state index contributed by atoms with van der Waals surface area (Å²) in [7, 11) is 3.73. The molecule has 1 amide bonds. The highest BCUT2D eigenvalue weighted by Crippen LogP contribution is 2.39. The third-order valence-electron chi connectivity index (χ3n) is 8.62. The van der Waals surface area contributed by atoms with Crippen LogP contribution in [0.15, 0.2) is 85.7 Å². The van der Waals surface area contributed by atoms with Crippen LogP contribution in [0.2, 0.25) is 0 Å². The Morgan fingerprint density at radius 2 is 1.90 bits per heavy atom. The van der Waals surface area contributed by atoms with Crippen LogP contribution in [0, 0.1) is 5.82 Å². The molecule has 6 rings (SSSR count). The van der Waals surface area contributed by atoms with Crippen molar-refractivity contribution in [2.45, 2.75) is 31.8 Å². The van der Waals surface area contributed by atoms with E-state index in [1.807, 2.05) is 47.5 Å². The van der Waals surface area contributed by atoms with Gasteiger partial charge in [-0.15, -0.1) is 0 Å². The lowest BCUT2D eigenvalue weighted by Crippen LogP contribution is -2.50. The summed E-state index contributed by atoms with van der Waals surface area (Å²) in [5, 5.41) is 8.15. The molecule has 2 N–H and O–H groups in total. The van der Waals surface area contributed by atoms with Crippen LogP contribution in [0.3, 0.4) is 0 Å². The van der Waals surface area contributed by atoms with Crippen LogP contribution in [0.5, 0.6) is 17.2 Å². The summed E-state index contributed by atoms with van der Waals surface area (Å²) in [6.45, 7) is 8.87. The number of ether oxygens (including phenoxy) is 2. The van der Waals surface area contributed by atoms with Gasteiger partial charge in [0.25, 0.3) is 0 Å². The van der Waals surface area contributed by atoms with Gasteiger partial charge in [0.05, 0.1) is 36.8 Å². The lowest BCUT2D eigenvalue weighted by atomic mass is 10.0. The molecule has 1 aromatic heterocycles. The number of carbonyl (C=O) groups is 1. The monoisotopic (exact) mass is 653 g/mol. The minimum absolute atomic E-state index is 0.0117. The summed E-state index contributed by atoms with van der Waals surface area (Å²) in [5.41, 5.74) is 3.18. The average molecular weight is 654 g/mol. The first-order chi connectivity index (χ1) is 23.3. The zero-order chi connectivity index (χ0) is 33.6. The summed E-state index contributed by atoms with van der Waals surface area (Å²) >= 11 is 0. The summed E-state index contributed by atoms with van der Waals surface area (Å²) in [6, 6.07) is 19.8. The molecular weight excluding hydrogens is 613 g/mol. The van der Waals surface area contributed by atoms with Crippen LogP contribution in [-0.2, 0) is 16.1 Å². The van der Waals surface area contributed by atoms with Gasteiger partial charge in [-0.2, -0.15) is 0 Å². The van der Waals surface area contributed by atoms with E-state index in [1.165, 1.54) is 24.5 Å². The molecule has 2 aliphatic rings. The van der Waals surface area contributed by atoms with Gasteiger partial charge < -0.3 is 29.9 Å². The normalized spacial score (nSPS) is 18.0. The smallest absolute Gasteiger partial charge is 0.247 e. The average Bonchev–Trinajstić information content (AvgIpc) is 3.54. The molecule has 2 fully saturated rings. The number of nitrogens with zero attached hydrogens (tertiary/aromatic N) is 5. The van der Waals surface area contributed by atoms with Crippen LogP contribution in [0.4, 0.5) is 33.1 Å². The number of piperazine rings is 1. The van der Waals surface area contributed by atoms with Gasteiger partial charge in [0.15, 0.2) is 5.82 Å². The summed E-state index contributed by atoms with van der Waals surface area (Å²) in [4.78, 5) is 32.0. The SMILES string of the molecule is C=CC(=O)Nc1cc(Nc2cc(N3OCC[C@@H]3Cc3cccc(Oc4cccc(F)c4)c3)ncn2)c(OC)cc1N1CCN(C)[C@@H](C)C1. The van der Waals surface area contributed by atoms with Gasteiger partial charge >= 0.3 is 0 Å². The molecule has 0 spiro atoms. The van der Waals surface area contributed by atoms with Crippen molar-refractivity contribution >= 4 is 34.6 Å². The van der Waals surface area contributed by atoms with E-state index in [9.17, 15) is 9.18 Å². The van der Waals surface area contributed by atoms with E-state index in [1.54, 1.807) is 19.2 Å². The maximum absolute atomic E-state index is 13.7. The van der Waals surface area contributed by atoms with Gasteiger partial charge in [-0.3, -0.25) is 9.63 Å². The highest BCUT2D eigenvalue weighted by Gasteiger charge is 2.29. The Balaban J connectivity index is 1.21. The molecule has 2 aliphatic heterocycles. The van der Waals surface area contributed by atoms with E-state index in [0.29, 0.717) is 59.3 Å². The molecule has 0 aliphatic carbocycles. The largest absolute Gasteiger partial charge is 0.494 e. The fourth-order valence-corrected chi connectivity index (χ4v) is 5.94. The van der Waals surface area contributed by atoms with E-state index in [-0.39, 0.29) is 17.8 Å². The number of hydrogen-bond acceptors (Lipinski definition) is 10. The van der Waals surface area contributed by atoms with E-state index in [0.717, 1.165) is 37.3 Å². The number of benzene rings is 3. The van der Waals surface area contributed by atoms with Crippen LogP contribution >= 0.6 is 0 Å². The van der Waals surface area contributed by atoms with Gasteiger partial charge in [-0.1, -0.05) is 24.8 Å². The number of nitrogens with one attached hydrogen (secondary N) is 2. The van der Waals surface area contributed by atoms with E-state index in [2.05, 4.69) is 51.0 Å². The molecule has 12 heteroatoms. The quantitative estimate of drug-likeness (QED) is 0.183. The Morgan fingerprint density at radius 1 is 1.08 bits per heavy atom. The molecule has 3 heterocycles. The molecule has 11 nitrogen and oxygen atoms in total. The van der Waals surface area contributed by atoms with Crippen molar-refractivity contribution in [2.75, 3.05) is 61.0 Å². The first-order valence-corrected chi connectivity index (χ1v) is 15.9. The predicted molar refractivity (Wildman–Crippen MR) is 185 cm³/mol. The molecule has 250 valence electrons. The lowest BCUT2D eigenvalue weighted by Gasteiger charge is -2.39. The van der Waals surface area contributed by atoms with Crippen molar-refractivity contribution in [2.24, 2.45) is 0 Å². The number of hydrogen-bond donors (Lipinski definition) is 2. The fourth-order valence-electron chi connectivity index (χ4n) is 5.94. The second-order valence-electron chi connectivity index (χ2n) is 11.9.